The van der Waals surface area contributed by atoms with E-state index in [1.165, 1.54) is 11.3 Å². The van der Waals surface area contributed by atoms with Crippen LogP contribution < -0.4 is 16.0 Å². The van der Waals surface area contributed by atoms with Gasteiger partial charge >= 0.3 is 0 Å². The first-order chi connectivity index (χ1) is 15.8. The molecule has 0 aliphatic rings. The summed E-state index contributed by atoms with van der Waals surface area (Å²) in [6.45, 7) is 6.02. The van der Waals surface area contributed by atoms with E-state index in [1.54, 1.807) is 11.6 Å². The molecule has 2 rings (SSSR count). The van der Waals surface area contributed by atoms with Crippen LogP contribution in [-0.2, 0) is 20.8 Å². The third-order valence-electron chi connectivity index (χ3n) is 5.05. The van der Waals surface area contributed by atoms with Crippen LogP contribution in [0.4, 0.5) is 5.13 Å². The van der Waals surface area contributed by atoms with Crippen molar-refractivity contribution < 1.29 is 14.4 Å². The van der Waals surface area contributed by atoms with Crippen molar-refractivity contribution in [2.45, 2.75) is 70.2 Å². The van der Waals surface area contributed by atoms with Gasteiger partial charge in [-0.05, 0) is 24.3 Å². The Morgan fingerprint density at radius 3 is 2.33 bits per heavy atom. The number of thiol groups is 1. The summed E-state index contributed by atoms with van der Waals surface area (Å²) in [4.78, 5) is 42.9. The molecule has 7 nitrogen and oxygen atoms in total. The molecular formula is C24H34N4O3S2. The summed E-state index contributed by atoms with van der Waals surface area (Å²) in [6, 6.07) is 7.91. The number of amides is 3. The largest absolute Gasteiger partial charge is 0.343 e. The van der Waals surface area contributed by atoms with Crippen molar-refractivity contribution in [3.63, 3.8) is 0 Å². The van der Waals surface area contributed by atoms with Gasteiger partial charge in [-0.2, -0.15) is 12.6 Å². The van der Waals surface area contributed by atoms with Crippen molar-refractivity contribution in [1.82, 2.24) is 15.6 Å². The summed E-state index contributed by atoms with van der Waals surface area (Å²) >= 11 is 5.70. The summed E-state index contributed by atoms with van der Waals surface area (Å²) in [5.74, 6) is -0.832. The van der Waals surface area contributed by atoms with Crippen LogP contribution >= 0.6 is 24.0 Å². The van der Waals surface area contributed by atoms with Gasteiger partial charge in [0.2, 0.25) is 17.7 Å². The highest BCUT2D eigenvalue weighted by atomic mass is 32.1. The van der Waals surface area contributed by atoms with E-state index in [-0.39, 0.29) is 23.6 Å². The summed E-state index contributed by atoms with van der Waals surface area (Å²) in [5.41, 5.74) is 0.913. The van der Waals surface area contributed by atoms with Crippen molar-refractivity contribution >= 4 is 46.8 Å². The zero-order valence-electron chi connectivity index (χ0n) is 19.4. The molecule has 1 aromatic heterocycles. The number of rotatable bonds is 13. The highest BCUT2D eigenvalue weighted by Gasteiger charge is 2.29. The minimum atomic E-state index is -0.817. The van der Waals surface area contributed by atoms with Crippen molar-refractivity contribution in [3.05, 3.63) is 47.5 Å². The number of nitrogens with zero attached hydrogens (tertiary/aromatic N) is 1. The molecule has 3 amide bonds. The van der Waals surface area contributed by atoms with E-state index in [2.05, 4.69) is 40.5 Å². The number of aromatic nitrogens is 1. The average Bonchev–Trinajstić information content (AvgIpc) is 3.29. The van der Waals surface area contributed by atoms with Gasteiger partial charge in [0.15, 0.2) is 5.13 Å². The van der Waals surface area contributed by atoms with Gasteiger partial charge in [0.05, 0.1) is 5.25 Å². The lowest BCUT2D eigenvalue weighted by atomic mass is 10.0. The van der Waals surface area contributed by atoms with Crippen LogP contribution in [0.3, 0.4) is 0 Å². The number of carbonyl (C=O) groups excluding carboxylic acids is 3. The lowest BCUT2D eigenvalue weighted by Gasteiger charge is -2.25. The van der Waals surface area contributed by atoms with Gasteiger partial charge in [-0.3, -0.25) is 14.4 Å². The fourth-order valence-corrected chi connectivity index (χ4v) is 4.10. The Kier molecular flexibility index (Phi) is 11.4. The Morgan fingerprint density at radius 2 is 1.73 bits per heavy atom. The van der Waals surface area contributed by atoms with Crippen molar-refractivity contribution in [3.8, 4) is 0 Å². The highest BCUT2D eigenvalue weighted by Crippen LogP contribution is 2.14. The number of thiazole rings is 1. The van der Waals surface area contributed by atoms with Crippen molar-refractivity contribution in [2.24, 2.45) is 5.92 Å². The van der Waals surface area contributed by atoms with Crippen LogP contribution in [0.5, 0.6) is 0 Å². The highest BCUT2D eigenvalue weighted by molar-refractivity contribution is 7.81. The normalized spacial score (nSPS) is 13.7. The van der Waals surface area contributed by atoms with E-state index in [0.29, 0.717) is 24.4 Å². The molecule has 0 fully saturated rings. The van der Waals surface area contributed by atoms with Gasteiger partial charge in [0, 0.05) is 18.0 Å². The lowest BCUT2D eigenvalue weighted by molar-refractivity contribution is -0.131. The monoisotopic (exact) mass is 490 g/mol. The van der Waals surface area contributed by atoms with E-state index in [1.807, 2.05) is 44.2 Å². The van der Waals surface area contributed by atoms with Gasteiger partial charge in [-0.25, -0.2) is 4.98 Å². The molecule has 0 bridgehead atoms. The zero-order chi connectivity index (χ0) is 24.2. The second-order valence-corrected chi connectivity index (χ2v) is 9.94. The molecule has 0 aliphatic heterocycles. The van der Waals surface area contributed by atoms with Gasteiger partial charge in [0.1, 0.15) is 12.1 Å². The number of unbranched alkanes of at least 4 members (excludes halogenated alkanes) is 1. The molecule has 2 aromatic rings. The van der Waals surface area contributed by atoms with Crippen molar-refractivity contribution in [2.75, 3.05) is 5.32 Å². The summed E-state index contributed by atoms with van der Waals surface area (Å²) in [7, 11) is 0. The molecule has 0 saturated heterocycles. The first-order valence-electron chi connectivity index (χ1n) is 11.3. The number of carbonyl (C=O) groups is 3. The molecule has 3 N–H and O–H groups in total. The Hall–Kier alpha value is -2.39. The zero-order valence-corrected chi connectivity index (χ0v) is 21.1. The van der Waals surface area contributed by atoms with Gasteiger partial charge in [0.25, 0.3) is 0 Å². The number of benzene rings is 1. The van der Waals surface area contributed by atoms with Crippen molar-refractivity contribution in [1.29, 1.82) is 0 Å². The first kappa shape index (κ1) is 26.9. The Balaban J connectivity index is 2.14. The summed E-state index contributed by atoms with van der Waals surface area (Å²) in [6.07, 6.45) is 4.88. The van der Waals surface area contributed by atoms with Crippen LogP contribution in [0.2, 0.25) is 0 Å². The standard InChI is InChI=1S/C24H34N4O3S2/c1-4-5-11-20(32)23(31)27-18(14-16(2)3)21(29)26-19(15-17-9-7-6-8-10-17)22(30)28-24-25-12-13-33-24/h6-10,12-13,16,18-20,32H,4-5,11,14-15H2,1-3H3,(H,26,29)(H,27,31)(H,25,28,30)/t18-,19-,20?/m0/s1. The minimum Gasteiger partial charge on any atom is -0.343 e. The smallest absolute Gasteiger partial charge is 0.249 e. The van der Waals surface area contributed by atoms with E-state index in [9.17, 15) is 14.4 Å². The summed E-state index contributed by atoms with van der Waals surface area (Å²) in [5, 5.41) is 10.2. The second kappa shape index (κ2) is 14.0. The second-order valence-electron chi connectivity index (χ2n) is 8.43. The number of nitrogens with one attached hydrogen (secondary N) is 3. The minimum absolute atomic E-state index is 0.173. The molecule has 1 unspecified atom stereocenters. The molecule has 33 heavy (non-hydrogen) atoms. The topological polar surface area (TPSA) is 100 Å². The quantitative estimate of drug-likeness (QED) is 0.321. The maximum absolute atomic E-state index is 13.2. The predicted octanol–water partition coefficient (Wildman–Crippen LogP) is 3.83. The van der Waals surface area contributed by atoms with Crippen LogP contribution in [-0.4, -0.2) is 40.0 Å². The molecular weight excluding hydrogens is 456 g/mol. The van der Waals surface area contributed by atoms with E-state index in [4.69, 9.17) is 0 Å². The Labute approximate surface area is 205 Å². The molecule has 1 aromatic carbocycles. The Morgan fingerprint density at radius 1 is 1.03 bits per heavy atom. The van der Waals surface area contributed by atoms with Crippen LogP contribution in [0.1, 0.15) is 52.0 Å². The molecule has 9 heteroatoms. The average molecular weight is 491 g/mol. The molecule has 1 heterocycles. The SMILES string of the molecule is CCCCC(S)C(=O)N[C@@H](CC(C)C)C(=O)N[C@@H](Cc1ccccc1)C(=O)Nc1nccs1. The maximum atomic E-state index is 13.2. The van der Waals surface area contributed by atoms with Gasteiger partial charge in [-0.1, -0.05) is 63.9 Å². The van der Waals surface area contributed by atoms with Crippen LogP contribution in [0.25, 0.3) is 0 Å². The molecule has 0 aliphatic carbocycles. The number of anilines is 1. The van der Waals surface area contributed by atoms with Crippen LogP contribution in [0.15, 0.2) is 41.9 Å². The molecule has 180 valence electrons. The molecule has 0 radical (unpaired) electrons. The fourth-order valence-electron chi connectivity index (χ4n) is 3.31. The molecule has 0 spiro atoms. The van der Waals surface area contributed by atoms with Gasteiger partial charge < -0.3 is 16.0 Å². The Bertz CT molecular complexity index is 875. The third-order valence-corrected chi connectivity index (χ3v) is 6.23. The van der Waals surface area contributed by atoms with E-state index >= 15 is 0 Å². The van der Waals surface area contributed by atoms with Crippen LogP contribution in [0, 0.1) is 5.92 Å². The number of hydrogen-bond acceptors (Lipinski definition) is 6. The van der Waals surface area contributed by atoms with Gasteiger partial charge in [-0.15, -0.1) is 11.3 Å². The predicted molar refractivity (Wildman–Crippen MR) is 137 cm³/mol. The lowest BCUT2D eigenvalue weighted by Crippen LogP contribution is -2.54. The third kappa shape index (κ3) is 9.55. The number of hydrogen-bond donors (Lipinski definition) is 4. The fraction of sp³-hybridized carbons (Fsp3) is 0.500. The van der Waals surface area contributed by atoms with E-state index in [0.717, 1.165) is 18.4 Å². The molecule has 0 saturated carbocycles. The maximum Gasteiger partial charge on any atom is 0.249 e. The first-order valence-corrected chi connectivity index (χ1v) is 12.7. The van der Waals surface area contributed by atoms with E-state index < -0.39 is 17.3 Å². The molecule has 3 atom stereocenters. The summed E-state index contributed by atoms with van der Waals surface area (Å²) < 4.78 is 0.